The third kappa shape index (κ3) is 10.4. The van der Waals surface area contributed by atoms with Gasteiger partial charge in [0.2, 0.25) is 0 Å². The molecule has 4 aliphatic carbocycles. The molecule has 11 heteroatoms. The summed E-state index contributed by atoms with van der Waals surface area (Å²) in [5, 5.41) is 33.4. The number of aliphatic hydroxyl groups excluding tert-OH is 2. The quantitative estimate of drug-likeness (QED) is 0.0670. The molecule has 0 spiro atoms. The smallest absolute Gasteiger partial charge is 0.393 e. The Morgan fingerprint density at radius 1 is 0.854 bits per heavy atom. The first-order valence-corrected chi connectivity index (χ1v) is 21.0. The summed E-state index contributed by atoms with van der Waals surface area (Å²) in [6.45, 7) is 15.0. The van der Waals surface area contributed by atoms with Gasteiger partial charge in [0.05, 0.1) is 18.8 Å². The number of nitrogens with one attached hydrogen (secondary N) is 3. The van der Waals surface area contributed by atoms with Gasteiger partial charge in [0.1, 0.15) is 0 Å². The van der Waals surface area contributed by atoms with E-state index in [9.17, 15) is 18.6 Å². The molecule has 0 aromatic carbocycles. The Morgan fingerprint density at radius 2 is 1.50 bits per heavy atom. The first-order valence-electron chi connectivity index (χ1n) is 19.6. The van der Waals surface area contributed by atoms with E-state index in [4.69, 9.17) is 10.3 Å². The van der Waals surface area contributed by atoms with Gasteiger partial charge in [-0.25, -0.2) is 4.18 Å². The number of fused-ring (bicyclic) bond motifs is 5. The van der Waals surface area contributed by atoms with Crippen molar-refractivity contribution in [3.63, 3.8) is 0 Å². The molecule has 4 rings (SSSR count). The van der Waals surface area contributed by atoms with Gasteiger partial charge in [0.25, 0.3) is 0 Å². The van der Waals surface area contributed by atoms with Crippen LogP contribution in [0.3, 0.4) is 0 Å². The maximum Gasteiger partial charge on any atom is 0.397 e. The maximum atomic E-state index is 11.8. The lowest BCUT2D eigenvalue weighted by atomic mass is 9.43. The zero-order chi connectivity index (χ0) is 35.0. The normalized spacial score (nSPS) is 37.0. The highest BCUT2D eigenvalue weighted by Gasteiger charge is 2.62. The summed E-state index contributed by atoms with van der Waals surface area (Å²) in [7, 11) is -4.50. The van der Waals surface area contributed by atoms with Crippen molar-refractivity contribution in [2.24, 2.45) is 58.0 Å². The minimum Gasteiger partial charge on any atom is -0.393 e. The van der Waals surface area contributed by atoms with Crippen molar-refractivity contribution in [3.05, 3.63) is 0 Å². The molecule has 12 atom stereocenters. The molecule has 0 radical (unpaired) electrons. The molecule has 0 heterocycles. The zero-order valence-corrected chi connectivity index (χ0v) is 31.5. The summed E-state index contributed by atoms with van der Waals surface area (Å²) < 4.78 is 35.3. The minimum absolute atomic E-state index is 0.212. The van der Waals surface area contributed by atoms with E-state index < -0.39 is 16.5 Å². The molecule has 282 valence electrons. The zero-order valence-electron chi connectivity index (χ0n) is 30.7. The van der Waals surface area contributed by atoms with E-state index in [1.165, 1.54) is 57.8 Å². The lowest BCUT2D eigenvalue weighted by molar-refractivity contribution is -0.167. The fourth-order valence-corrected chi connectivity index (χ4v) is 11.5. The summed E-state index contributed by atoms with van der Waals surface area (Å²) >= 11 is 0. The van der Waals surface area contributed by atoms with Gasteiger partial charge in [0.15, 0.2) is 0 Å². The molecule has 0 amide bonds. The Hall–Kier alpha value is -0.370. The molecule has 7 unspecified atom stereocenters. The van der Waals surface area contributed by atoms with Crippen LogP contribution in [0.4, 0.5) is 0 Å². The summed E-state index contributed by atoms with van der Waals surface area (Å²) in [5.41, 5.74) is 6.07. The monoisotopic (exact) mass is 701 g/mol. The predicted octanol–water partition coefficient (Wildman–Crippen LogP) is 4.51. The van der Waals surface area contributed by atoms with E-state index in [0.29, 0.717) is 53.4 Å². The molecule has 0 aromatic rings. The van der Waals surface area contributed by atoms with Gasteiger partial charge in [-0.1, -0.05) is 27.7 Å². The second-order valence-corrected chi connectivity index (χ2v) is 18.1. The van der Waals surface area contributed by atoms with Crippen LogP contribution in [0, 0.1) is 52.3 Å². The first-order chi connectivity index (χ1) is 22.8. The van der Waals surface area contributed by atoms with Gasteiger partial charge < -0.3 is 31.9 Å². The predicted molar refractivity (Wildman–Crippen MR) is 193 cm³/mol. The highest BCUT2D eigenvalue weighted by Crippen LogP contribution is 2.68. The van der Waals surface area contributed by atoms with E-state index in [2.05, 4.69) is 40.9 Å². The van der Waals surface area contributed by atoms with Crippen molar-refractivity contribution in [1.82, 2.24) is 16.0 Å². The summed E-state index contributed by atoms with van der Waals surface area (Å²) in [4.78, 5) is 0. The minimum atomic E-state index is -4.50. The Kier molecular flexibility index (Phi) is 15.5. The largest absolute Gasteiger partial charge is 0.397 e. The molecule has 4 aliphatic rings. The van der Waals surface area contributed by atoms with Crippen molar-refractivity contribution in [3.8, 4) is 0 Å². The van der Waals surface area contributed by atoms with Crippen molar-refractivity contribution < 1.29 is 27.4 Å². The molecule has 48 heavy (non-hydrogen) atoms. The number of hydrogen-bond acceptors (Lipinski definition) is 9. The molecular formula is C37H72N4O6S. The Morgan fingerprint density at radius 3 is 2.19 bits per heavy atom. The average Bonchev–Trinajstić information content (AvgIpc) is 3.40. The van der Waals surface area contributed by atoms with Crippen molar-refractivity contribution in [1.29, 1.82) is 0 Å². The van der Waals surface area contributed by atoms with Crippen LogP contribution in [0.25, 0.3) is 0 Å². The molecule has 4 saturated carbocycles. The van der Waals surface area contributed by atoms with Crippen LogP contribution in [-0.4, -0.2) is 87.3 Å². The summed E-state index contributed by atoms with van der Waals surface area (Å²) in [5.74, 6) is 2.76. The van der Waals surface area contributed by atoms with Crippen LogP contribution in [0.15, 0.2) is 0 Å². The Balaban J connectivity index is 1.20. The van der Waals surface area contributed by atoms with Crippen LogP contribution < -0.4 is 21.7 Å². The SMILES string of the molecule is CC(COS(=O)(=O)O)C(O)CCC(C)[C@H]1CCC2C3C(O)C[C@H]4C[C@@H](NCCCNCCCCNCCCN)CC[C@]4(C)C3CC[C@@]21C. The number of unbranched alkanes of at least 4 members (excludes halogenated alkanes) is 1. The molecule has 8 N–H and O–H groups in total. The lowest BCUT2D eigenvalue weighted by Crippen LogP contribution is -2.59. The maximum absolute atomic E-state index is 11.8. The third-order valence-electron chi connectivity index (χ3n) is 14.0. The van der Waals surface area contributed by atoms with E-state index in [-0.39, 0.29) is 24.0 Å². The second kappa shape index (κ2) is 18.4. The Labute approximate surface area is 292 Å². The van der Waals surface area contributed by atoms with Crippen LogP contribution in [-0.2, 0) is 14.6 Å². The Bertz CT molecular complexity index is 1070. The molecule has 4 fully saturated rings. The van der Waals surface area contributed by atoms with Crippen molar-refractivity contribution in [2.45, 2.75) is 136 Å². The van der Waals surface area contributed by atoms with E-state index >= 15 is 0 Å². The number of rotatable bonds is 21. The van der Waals surface area contributed by atoms with Gasteiger partial charge >= 0.3 is 10.4 Å². The number of nitrogens with two attached hydrogens (primary N) is 1. The molecule has 0 aromatic heterocycles. The van der Waals surface area contributed by atoms with Gasteiger partial charge in [-0.3, -0.25) is 4.55 Å². The number of aliphatic hydroxyl groups is 2. The number of hydrogen-bond donors (Lipinski definition) is 7. The van der Waals surface area contributed by atoms with Crippen molar-refractivity contribution in [2.75, 3.05) is 45.9 Å². The van der Waals surface area contributed by atoms with Crippen molar-refractivity contribution >= 4 is 10.4 Å². The fraction of sp³-hybridized carbons (Fsp3) is 1.00. The summed E-state index contributed by atoms with van der Waals surface area (Å²) in [6, 6.07) is 0.565. The molecule has 0 saturated heterocycles. The molecule has 0 bridgehead atoms. The van der Waals surface area contributed by atoms with E-state index in [1.54, 1.807) is 6.92 Å². The van der Waals surface area contributed by atoms with Gasteiger partial charge in [0, 0.05) is 12.0 Å². The topological polar surface area (TPSA) is 166 Å². The fourth-order valence-electron chi connectivity index (χ4n) is 11.1. The van der Waals surface area contributed by atoms with Gasteiger partial charge in [-0.2, -0.15) is 8.42 Å². The van der Waals surface area contributed by atoms with E-state index in [0.717, 1.165) is 65.0 Å². The first kappa shape index (κ1) is 40.4. The lowest BCUT2D eigenvalue weighted by Gasteiger charge is -2.62. The van der Waals surface area contributed by atoms with E-state index in [1.807, 2.05) is 0 Å². The average molecular weight is 701 g/mol. The van der Waals surface area contributed by atoms with Gasteiger partial charge in [-0.15, -0.1) is 0 Å². The standard InChI is InChI=1S/C37H72N4O6S/c1-26(9-12-33(42)27(2)25-47-48(44,45)46)30-10-11-31-35-32(14-16-37(30,31)4)36(3)15-13-29(23-28(36)24-34(35)43)41-22-8-21-40-19-6-5-18-39-20-7-17-38/h26-35,39-43H,5-25,38H2,1-4H3,(H,44,45,46)/t26?,27?,28-,29+,30-,31?,32?,33?,34?,35?,36+,37-/m1/s1. The van der Waals surface area contributed by atoms with Crippen LogP contribution in [0.5, 0.6) is 0 Å². The third-order valence-corrected chi connectivity index (χ3v) is 14.4. The highest BCUT2D eigenvalue weighted by atomic mass is 32.3. The van der Waals surface area contributed by atoms with Crippen LogP contribution in [0.2, 0.25) is 0 Å². The molecular weight excluding hydrogens is 628 g/mol. The highest BCUT2D eigenvalue weighted by molar-refractivity contribution is 7.80. The molecule has 0 aliphatic heterocycles. The van der Waals surface area contributed by atoms with Crippen LogP contribution >= 0.6 is 0 Å². The summed E-state index contributed by atoms with van der Waals surface area (Å²) in [6.07, 6.45) is 14.7. The molecule has 10 nitrogen and oxygen atoms in total. The van der Waals surface area contributed by atoms with Crippen LogP contribution in [0.1, 0.15) is 118 Å². The van der Waals surface area contributed by atoms with Gasteiger partial charge in [-0.05, 0) is 175 Å². The second-order valence-electron chi connectivity index (χ2n) is 17.0.